The molecule has 37 heavy (non-hydrogen) atoms. The van der Waals surface area contributed by atoms with Crippen LogP contribution < -0.4 is 0 Å². The van der Waals surface area contributed by atoms with Gasteiger partial charge in [0.05, 0.1) is 23.0 Å². The molecule has 0 amide bonds. The van der Waals surface area contributed by atoms with Crippen molar-refractivity contribution in [2.24, 2.45) is 11.8 Å². The first-order valence-corrected chi connectivity index (χ1v) is 13.7. The van der Waals surface area contributed by atoms with E-state index in [2.05, 4.69) is 99.6 Å². The lowest BCUT2D eigenvalue weighted by molar-refractivity contribution is 0.295. The molecule has 1 unspecified atom stereocenters. The van der Waals surface area contributed by atoms with E-state index in [1.165, 1.54) is 31.2 Å². The van der Waals surface area contributed by atoms with Crippen molar-refractivity contribution in [2.45, 2.75) is 58.3 Å². The number of benzene rings is 3. The summed E-state index contributed by atoms with van der Waals surface area (Å²) in [5.41, 5.74) is 8.40. The van der Waals surface area contributed by atoms with Gasteiger partial charge in [0.2, 0.25) is 0 Å². The van der Waals surface area contributed by atoms with Crippen LogP contribution in [0.25, 0.3) is 33.6 Å². The Morgan fingerprint density at radius 1 is 0.730 bits per heavy atom. The summed E-state index contributed by atoms with van der Waals surface area (Å²) >= 11 is 0. The number of nitrogens with zero attached hydrogens (tertiary/aromatic N) is 2. The predicted molar refractivity (Wildman–Crippen MR) is 154 cm³/mol. The molecule has 1 aliphatic rings. The van der Waals surface area contributed by atoms with Gasteiger partial charge in [0.25, 0.3) is 0 Å². The fourth-order valence-electron chi connectivity index (χ4n) is 6.30. The number of rotatable bonds is 5. The zero-order valence-corrected chi connectivity index (χ0v) is 22.2. The van der Waals surface area contributed by atoms with Gasteiger partial charge in [-0.3, -0.25) is 0 Å². The summed E-state index contributed by atoms with van der Waals surface area (Å²) in [4.78, 5) is 5.15. The molecular weight excluding hydrogens is 448 g/mol. The molecule has 1 aliphatic carbocycles. The van der Waals surface area contributed by atoms with E-state index in [1.54, 1.807) is 0 Å². The maximum Gasteiger partial charge on any atom is 0.0991 e. The largest absolute Gasteiger partial charge is 0.248 e. The maximum absolute atomic E-state index is 10.0. The van der Waals surface area contributed by atoms with E-state index in [0.29, 0.717) is 11.8 Å². The number of nitriles is 1. The molecule has 186 valence electrons. The van der Waals surface area contributed by atoms with E-state index < -0.39 is 0 Å². The zero-order valence-electron chi connectivity index (χ0n) is 22.2. The second kappa shape index (κ2) is 10.7. The summed E-state index contributed by atoms with van der Waals surface area (Å²) < 4.78 is 0. The number of hydrogen-bond donors (Lipinski definition) is 0. The lowest BCUT2D eigenvalue weighted by atomic mass is 9.68. The van der Waals surface area contributed by atoms with Crippen LogP contribution in [0, 0.1) is 23.2 Å². The molecule has 5 rings (SSSR count). The first-order valence-electron chi connectivity index (χ1n) is 13.7. The highest BCUT2D eigenvalue weighted by Crippen LogP contribution is 2.46. The summed E-state index contributed by atoms with van der Waals surface area (Å²) in [7, 11) is 0. The molecule has 4 aromatic rings. The van der Waals surface area contributed by atoms with Crippen molar-refractivity contribution >= 4 is 0 Å². The minimum absolute atomic E-state index is 0.0935. The molecule has 1 fully saturated rings. The van der Waals surface area contributed by atoms with Gasteiger partial charge < -0.3 is 0 Å². The smallest absolute Gasteiger partial charge is 0.0991 e. The quantitative estimate of drug-likeness (QED) is 0.264. The molecule has 0 radical (unpaired) electrons. The van der Waals surface area contributed by atoms with E-state index in [-0.39, 0.29) is 5.41 Å². The molecule has 0 N–H and O–H groups in total. The third-order valence-corrected chi connectivity index (χ3v) is 8.28. The Morgan fingerprint density at radius 2 is 1.30 bits per heavy atom. The predicted octanol–water partition coefficient (Wildman–Crippen LogP) is 9.45. The van der Waals surface area contributed by atoms with Gasteiger partial charge in [-0.05, 0) is 83.5 Å². The van der Waals surface area contributed by atoms with Gasteiger partial charge in [0.1, 0.15) is 0 Å². The molecular formula is C35H36N2. The van der Waals surface area contributed by atoms with Crippen LogP contribution >= 0.6 is 0 Å². The fraction of sp³-hybridized carbons (Fsp3) is 0.314. The maximum atomic E-state index is 10.0. The number of hydrogen-bond acceptors (Lipinski definition) is 2. The van der Waals surface area contributed by atoms with Gasteiger partial charge in [-0.1, -0.05) is 94.3 Å². The van der Waals surface area contributed by atoms with E-state index >= 15 is 0 Å². The topological polar surface area (TPSA) is 36.7 Å². The summed E-state index contributed by atoms with van der Waals surface area (Å²) in [5, 5.41) is 10.0. The highest BCUT2D eigenvalue weighted by Gasteiger charge is 2.36. The highest BCUT2D eigenvalue weighted by atomic mass is 14.7. The van der Waals surface area contributed by atoms with E-state index in [1.807, 2.05) is 18.2 Å². The van der Waals surface area contributed by atoms with Crippen LogP contribution in [0.3, 0.4) is 0 Å². The van der Waals surface area contributed by atoms with Crippen molar-refractivity contribution in [3.63, 3.8) is 0 Å². The van der Waals surface area contributed by atoms with Gasteiger partial charge in [-0.25, -0.2) is 4.98 Å². The van der Waals surface area contributed by atoms with Gasteiger partial charge in [-0.2, -0.15) is 5.26 Å². The van der Waals surface area contributed by atoms with Crippen LogP contribution in [0.15, 0.2) is 91.0 Å². The van der Waals surface area contributed by atoms with Crippen LogP contribution in [0.1, 0.15) is 64.0 Å². The van der Waals surface area contributed by atoms with Gasteiger partial charge in [-0.15, -0.1) is 0 Å². The SMILES string of the molecule is CCC1(c2cc(C#N)cc(-c3cc(-c4ccccc4)cc(-c4ccccc4)n3)c2)C[C@H](C)CC[C@H](C)C1. The Labute approximate surface area is 222 Å². The molecule has 2 heteroatoms. The molecule has 1 saturated carbocycles. The molecule has 0 spiro atoms. The van der Waals surface area contributed by atoms with Crippen molar-refractivity contribution in [3.05, 3.63) is 102 Å². The molecule has 2 nitrogen and oxygen atoms in total. The molecule has 1 heterocycles. The van der Waals surface area contributed by atoms with Crippen LogP contribution in [-0.2, 0) is 5.41 Å². The van der Waals surface area contributed by atoms with Crippen molar-refractivity contribution in [1.29, 1.82) is 5.26 Å². The Morgan fingerprint density at radius 3 is 1.86 bits per heavy atom. The monoisotopic (exact) mass is 484 g/mol. The van der Waals surface area contributed by atoms with E-state index in [4.69, 9.17) is 4.98 Å². The molecule has 1 aromatic heterocycles. The lowest BCUT2D eigenvalue weighted by Gasteiger charge is -2.36. The van der Waals surface area contributed by atoms with Crippen LogP contribution in [0.5, 0.6) is 0 Å². The molecule has 0 aliphatic heterocycles. The minimum atomic E-state index is 0.0935. The van der Waals surface area contributed by atoms with Gasteiger partial charge in [0, 0.05) is 11.1 Å². The zero-order chi connectivity index (χ0) is 25.8. The summed E-state index contributed by atoms with van der Waals surface area (Å²) in [6.45, 7) is 7.12. The van der Waals surface area contributed by atoms with Crippen molar-refractivity contribution in [2.75, 3.05) is 0 Å². The van der Waals surface area contributed by atoms with Gasteiger partial charge in [0.15, 0.2) is 0 Å². The molecule has 0 saturated heterocycles. The third-order valence-electron chi connectivity index (χ3n) is 8.28. The first kappa shape index (κ1) is 25.0. The Hall–Kier alpha value is -3.70. The van der Waals surface area contributed by atoms with Crippen LogP contribution in [-0.4, -0.2) is 4.98 Å². The Balaban J connectivity index is 1.69. The second-order valence-electron chi connectivity index (χ2n) is 11.1. The van der Waals surface area contributed by atoms with Crippen LogP contribution in [0.4, 0.5) is 0 Å². The summed E-state index contributed by atoms with van der Waals surface area (Å²) in [6, 6.07) is 34.2. The minimum Gasteiger partial charge on any atom is -0.248 e. The Bertz CT molecular complexity index is 1330. The molecule has 3 aromatic carbocycles. The fourth-order valence-corrected chi connectivity index (χ4v) is 6.30. The average Bonchev–Trinajstić information content (AvgIpc) is 3.11. The normalized spacial score (nSPS) is 21.7. The third kappa shape index (κ3) is 5.37. The standard InChI is InChI=1S/C35H36N2/c1-4-35(22-25(2)15-16-26(3)23-35)32-18-27(24-36)17-31(19-32)34-21-30(28-11-7-5-8-12-28)20-33(37-34)29-13-9-6-10-14-29/h5-14,17-21,25-26H,4,15-16,22-23H2,1-3H3/t25-,26+,35?. The van der Waals surface area contributed by atoms with Crippen molar-refractivity contribution in [3.8, 4) is 39.7 Å². The number of pyridine rings is 1. The first-order chi connectivity index (χ1) is 18.0. The lowest BCUT2D eigenvalue weighted by Crippen LogP contribution is -2.28. The van der Waals surface area contributed by atoms with E-state index in [9.17, 15) is 5.26 Å². The Kier molecular flexibility index (Phi) is 7.24. The number of aromatic nitrogens is 1. The highest BCUT2D eigenvalue weighted by molar-refractivity contribution is 5.77. The van der Waals surface area contributed by atoms with Crippen molar-refractivity contribution in [1.82, 2.24) is 4.98 Å². The summed E-state index contributed by atoms with van der Waals surface area (Å²) in [5.74, 6) is 1.37. The second-order valence-corrected chi connectivity index (χ2v) is 11.1. The van der Waals surface area contributed by atoms with Gasteiger partial charge >= 0.3 is 0 Å². The summed E-state index contributed by atoms with van der Waals surface area (Å²) in [6.07, 6.45) is 6.01. The molecule has 0 bridgehead atoms. The molecule has 3 atom stereocenters. The van der Waals surface area contributed by atoms with Crippen molar-refractivity contribution < 1.29 is 0 Å². The van der Waals surface area contributed by atoms with Crippen LogP contribution in [0.2, 0.25) is 0 Å². The van der Waals surface area contributed by atoms with E-state index in [0.717, 1.165) is 45.6 Å². The average molecular weight is 485 g/mol.